The van der Waals surface area contributed by atoms with Crippen LogP contribution in [0.4, 0.5) is 0 Å². The van der Waals surface area contributed by atoms with Gasteiger partial charge >= 0.3 is 0 Å². The molecule has 0 aromatic carbocycles. The van der Waals surface area contributed by atoms with E-state index in [1.807, 2.05) is 0 Å². The van der Waals surface area contributed by atoms with Crippen LogP contribution in [0.1, 0.15) is 129 Å². The van der Waals surface area contributed by atoms with Gasteiger partial charge in [0.2, 0.25) is 5.91 Å². The first kappa shape index (κ1) is 30.9. The highest BCUT2D eigenvalue weighted by Gasteiger charge is 2.19. The zero-order valence-corrected chi connectivity index (χ0v) is 21.2. The highest BCUT2D eigenvalue weighted by Crippen LogP contribution is 2.11. The molecule has 0 aliphatic rings. The van der Waals surface area contributed by atoms with Crippen LogP contribution in [0.15, 0.2) is 24.3 Å². The fourth-order valence-corrected chi connectivity index (χ4v) is 3.80. The number of aliphatic hydroxyl groups is 2. The molecule has 0 fully saturated rings. The van der Waals surface area contributed by atoms with Crippen molar-refractivity contribution in [3.05, 3.63) is 24.3 Å². The van der Waals surface area contributed by atoms with Gasteiger partial charge in [0.1, 0.15) is 0 Å². The Morgan fingerprint density at radius 2 is 1.28 bits per heavy atom. The van der Waals surface area contributed by atoms with Gasteiger partial charge in [-0.3, -0.25) is 4.79 Å². The van der Waals surface area contributed by atoms with Crippen LogP contribution < -0.4 is 5.32 Å². The quantitative estimate of drug-likeness (QED) is 0.116. The molecule has 188 valence electrons. The van der Waals surface area contributed by atoms with Crippen LogP contribution in [-0.2, 0) is 4.79 Å². The molecular formula is C28H53NO3. The second-order valence-electron chi connectivity index (χ2n) is 9.11. The van der Waals surface area contributed by atoms with Crippen molar-refractivity contribution in [2.45, 2.75) is 142 Å². The normalized spacial score (nSPS) is 13.8. The van der Waals surface area contributed by atoms with Gasteiger partial charge in [-0.15, -0.1) is 0 Å². The van der Waals surface area contributed by atoms with E-state index in [-0.39, 0.29) is 12.5 Å². The zero-order chi connectivity index (χ0) is 23.7. The third-order valence-electron chi connectivity index (χ3n) is 5.97. The summed E-state index contributed by atoms with van der Waals surface area (Å²) in [6.45, 7) is 4.20. The maximum Gasteiger partial charge on any atom is 0.220 e. The summed E-state index contributed by atoms with van der Waals surface area (Å²) in [7, 11) is 0. The minimum Gasteiger partial charge on any atom is -0.394 e. The summed E-state index contributed by atoms with van der Waals surface area (Å²) < 4.78 is 0. The van der Waals surface area contributed by atoms with Crippen LogP contribution >= 0.6 is 0 Å². The topological polar surface area (TPSA) is 69.6 Å². The lowest BCUT2D eigenvalue weighted by Crippen LogP contribution is -2.45. The second-order valence-corrected chi connectivity index (χ2v) is 9.11. The van der Waals surface area contributed by atoms with Gasteiger partial charge in [-0.2, -0.15) is 0 Å². The van der Waals surface area contributed by atoms with Crippen molar-refractivity contribution in [1.82, 2.24) is 5.32 Å². The number of nitrogens with one attached hydrogen (secondary N) is 1. The number of carbonyl (C=O) groups excluding carboxylic acids is 1. The summed E-state index contributed by atoms with van der Waals surface area (Å²) in [5.41, 5.74) is 0. The standard InChI is InChI=1S/C28H53NO3/c1-3-5-7-9-10-11-12-13-14-15-16-17-18-19-20-22-24-28(32)29-26(25-30)27(31)23-21-8-6-4-2/h11-12,14-15,26-27,30-31H,3-10,13,16-25H2,1-2H3,(H,29,32)/b12-11-,15-14-. The van der Waals surface area contributed by atoms with Crippen molar-refractivity contribution in [3.8, 4) is 0 Å². The first-order chi connectivity index (χ1) is 15.7. The largest absolute Gasteiger partial charge is 0.394 e. The molecule has 0 rings (SSSR count). The second kappa shape index (κ2) is 24.5. The summed E-state index contributed by atoms with van der Waals surface area (Å²) in [4.78, 5) is 12.1. The van der Waals surface area contributed by atoms with Crippen LogP contribution in [-0.4, -0.2) is 34.9 Å². The van der Waals surface area contributed by atoms with Crippen molar-refractivity contribution in [1.29, 1.82) is 0 Å². The molecular weight excluding hydrogens is 398 g/mol. The summed E-state index contributed by atoms with van der Waals surface area (Å²) in [5, 5.41) is 22.5. The van der Waals surface area contributed by atoms with Crippen molar-refractivity contribution >= 4 is 5.91 Å². The van der Waals surface area contributed by atoms with E-state index in [4.69, 9.17) is 0 Å². The van der Waals surface area contributed by atoms with E-state index in [9.17, 15) is 15.0 Å². The van der Waals surface area contributed by atoms with Crippen LogP contribution in [0.3, 0.4) is 0 Å². The van der Waals surface area contributed by atoms with Gasteiger partial charge in [-0.1, -0.05) is 102 Å². The molecule has 3 N–H and O–H groups in total. The molecule has 0 aromatic rings. The van der Waals surface area contributed by atoms with Crippen molar-refractivity contribution in [3.63, 3.8) is 0 Å². The predicted molar refractivity (Wildman–Crippen MR) is 138 cm³/mol. The molecule has 0 saturated carbocycles. The van der Waals surface area contributed by atoms with Gasteiger partial charge in [0.15, 0.2) is 0 Å². The highest BCUT2D eigenvalue weighted by atomic mass is 16.3. The van der Waals surface area contributed by atoms with E-state index < -0.39 is 12.1 Å². The number of carbonyl (C=O) groups is 1. The number of rotatable bonds is 23. The average Bonchev–Trinajstić information content (AvgIpc) is 2.79. The fourth-order valence-electron chi connectivity index (χ4n) is 3.80. The van der Waals surface area contributed by atoms with Crippen LogP contribution in [0.2, 0.25) is 0 Å². The Morgan fingerprint density at radius 1 is 0.750 bits per heavy atom. The molecule has 2 atom stereocenters. The minimum atomic E-state index is -0.657. The van der Waals surface area contributed by atoms with Crippen LogP contribution in [0.5, 0.6) is 0 Å². The molecule has 2 unspecified atom stereocenters. The van der Waals surface area contributed by atoms with Gasteiger partial charge in [-0.05, 0) is 44.9 Å². The summed E-state index contributed by atoms with van der Waals surface area (Å²) in [6.07, 6.45) is 28.2. The number of hydrogen-bond donors (Lipinski definition) is 3. The molecule has 0 aromatic heterocycles. The highest BCUT2D eigenvalue weighted by molar-refractivity contribution is 5.76. The molecule has 1 amide bonds. The molecule has 4 heteroatoms. The maximum absolute atomic E-state index is 12.1. The van der Waals surface area contributed by atoms with Gasteiger partial charge in [0.05, 0.1) is 18.8 Å². The zero-order valence-electron chi connectivity index (χ0n) is 21.2. The number of aliphatic hydroxyl groups excluding tert-OH is 2. The number of amides is 1. The van der Waals surface area contributed by atoms with Gasteiger partial charge in [0, 0.05) is 6.42 Å². The van der Waals surface area contributed by atoms with Gasteiger partial charge < -0.3 is 15.5 Å². The minimum absolute atomic E-state index is 0.0574. The van der Waals surface area contributed by atoms with E-state index in [0.717, 1.165) is 57.8 Å². The number of allylic oxidation sites excluding steroid dienone is 4. The lowest BCUT2D eigenvalue weighted by Gasteiger charge is -2.22. The summed E-state index contributed by atoms with van der Waals surface area (Å²) >= 11 is 0. The number of unbranched alkanes of at least 4 members (excludes halogenated alkanes) is 12. The molecule has 0 saturated heterocycles. The van der Waals surface area contributed by atoms with Crippen molar-refractivity contribution < 1.29 is 15.0 Å². The smallest absolute Gasteiger partial charge is 0.220 e. The Hall–Kier alpha value is -1.13. The summed E-state index contributed by atoms with van der Waals surface area (Å²) in [5.74, 6) is -0.0574. The Balaban J connectivity index is 3.60. The molecule has 0 heterocycles. The lowest BCUT2D eigenvalue weighted by atomic mass is 10.0. The van der Waals surface area contributed by atoms with Crippen LogP contribution in [0.25, 0.3) is 0 Å². The summed E-state index contributed by atoms with van der Waals surface area (Å²) in [6, 6.07) is -0.535. The predicted octanol–water partition coefficient (Wildman–Crippen LogP) is 7.00. The number of hydrogen-bond acceptors (Lipinski definition) is 3. The Kier molecular flexibility index (Phi) is 23.6. The van der Waals surface area contributed by atoms with E-state index in [1.165, 1.54) is 44.9 Å². The third kappa shape index (κ3) is 20.8. The molecule has 0 aliphatic carbocycles. The van der Waals surface area contributed by atoms with E-state index in [1.54, 1.807) is 0 Å². The molecule has 0 spiro atoms. The fraction of sp³-hybridized carbons (Fsp3) is 0.821. The first-order valence-electron chi connectivity index (χ1n) is 13.5. The Morgan fingerprint density at radius 3 is 1.88 bits per heavy atom. The molecule has 0 radical (unpaired) electrons. The Bertz CT molecular complexity index is 462. The average molecular weight is 452 g/mol. The molecule has 0 aliphatic heterocycles. The van der Waals surface area contributed by atoms with Crippen LogP contribution in [0, 0.1) is 0 Å². The van der Waals surface area contributed by atoms with Gasteiger partial charge in [-0.25, -0.2) is 0 Å². The first-order valence-corrected chi connectivity index (χ1v) is 13.5. The monoisotopic (exact) mass is 451 g/mol. The van der Waals surface area contributed by atoms with E-state index in [0.29, 0.717) is 12.8 Å². The van der Waals surface area contributed by atoms with E-state index in [2.05, 4.69) is 43.5 Å². The maximum atomic E-state index is 12.1. The van der Waals surface area contributed by atoms with Crippen molar-refractivity contribution in [2.75, 3.05) is 6.61 Å². The molecule has 32 heavy (non-hydrogen) atoms. The van der Waals surface area contributed by atoms with Gasteiger partial charge in [0.25, 0.3) is 0 Å². The van der Waals surface area contributed by atoms with E-state index >= 15 is 0 Å². The Labute approximate surface area is 199 Å². The SMILES string of the molecule is CCCCCC/C=C\C/C=C\CCCCCCCC(=O)NC(CO)C(O)CCCCCC. The molecule has 4 nitrogen and oxygen atoms in total. The third-order valence-corrected chi connectivity index (χ3v) is 5.97. The molecule has 0 bridgehead atoms. The van der Waals surface area contributed by atoms with Crippen molar-refractivity contribution in [2.24, 2.45) is 0 Å². The lowest BCUT2D eigenvalue weighted by molar-refractivity contribution is -0.123.